The van der Waals surface area contributed by atoms with Crippen LogP contribution in [-0.2, 0) is 0 Å². The topological polar surface area (TPSA) is 46.9 Å². The number of hydrogen-bond donors (Lipinski definition) is 2. The molecule has 4 heteroatoms. The Labute approximate surface area is 117 Å². The number of hydrogen-bond acceptors (Lipinski definition) is 4. The number of rotatable bonds is 5. The van der Waals surface area contributed by atoms with E-state index in [0.29, 0.717) is 0 Å². The molecule has 2 saturated heterocycles. The maximum atomic E-state index is 9.38. The molecule has 2 N–H and O–H groups in total. The molecule has 0 atom stereocenters. The van der Waals surface area contributed by atoms with Gasteiger partial charge in [0.2, 0.25) is 0 Å². The summed E-state index contributed by atoms with van der Waals surface area (Å²) in [4.78, 5) is 5.09. The second kappa shape index (κ2) is 7.02. The molecule has 0 aromatic carbocycles. The van der Waals surface area contributed by atoms with Crippen molar-refractivity contribution in [2.24, 2.45) is 5.41 Å². The van der Waals surface area contributed by atoms with Gasteiger partial charge in [-0.05, 0) is 51.9 Å². The van der Waals surface area contributed by atoms with Gasteiger partial charge in [0, 0.05) is 18.0 Å². The molecular formula is C15H30N2O2. The van der Waals surface area contributed by atoms with E-state index in [0.717, 1.165) is 25.7 Å². The van der Waals surface area contributed by atoms with Crippen molar-refractivity contribution in [1.82, 2.24) is 9.80 Å². The van der Waals surface area contributed by atoms with Crippen LogP contribution < -0.4 is 0 Å². The zero-order valence-corrected chi connectivity index (χ0v) is 12.4. The van der Waals surface area contributed by atoms with Crippen LogP contribution >= 0.6 is 0 Å². The van der Waals surface area contributed by atoms with Crippen LogP contribution in [0.2, 0.25) is 0 Å². The van der Waals surface area contributed by atoms with Gasteiger partial charge in [0.25, 0.3) is 0 Å². The smallest absolute Gasteiger partial charge is 0.0519 e. The molecule has 2 rings (SSSR count). The van der Waals surface area contributed by atoms with Gasteiger partial charge in [0.05, 0.1) is 13.2 Å². The lowest BCUT2D eigenvalue weighted by atomic mass is 9.90. The Bertz CT molecular complexity index is 255. The van der Waals surface area contributed by atoms with E-state index in [2.05, 4.69) is 9.80 Å². The van der Waals surface area contributed by atoms with E-state index in [4.69, 9.17) is 0 Å². The maximum Gasteiger partial charge on any atom is 0.0519 e. The fraction of sp³-hybridized carbons (Fsp3) is 1.00. The first kappa shape index (κ1) is 15.2. The van der Waals surface area contributed by atoms with E-state index in [9.17, 15) is 10.2 Å². The maximum absolute atomic E-state index is 9.38. The van der Waals surface area contributed by atoms with Gasteiger partial charge in [-0.25, -0.2) is 0 Å². The van der Waals surface area contributed by atoms with Gasteiger partial charge in [-0.3, -0.25) is 0 Å². The molecule has 0 saturated carbocycles. The molecular weight excluding hydrogens is 240 g/mol. The molecule has 4 nitrogen and oxygen atoms in total. The highest BCUT2D eigenvalue weighted by atomic mass is 16.3. The fourth-order valence-electron chi connectivity index (χ4n) is 3.42. The quantitative estimate of drug-likeness (QED) is 0.780. The van der Waals surface area contributed by atoms with Crippen molar-refractivity contribution < 1.29 is 10.2 Å². The summed E-state index contributed by atoms with van der Waals surface area (Å²) >= 11 is 0. The van der Waals surface area contributed by atoms with Crippen LogP contribution in [0.1, 0.15) is 39.0 Å². The minimum atomic E-state index is -0.349. The number of piperidine rings is 2. The Morgan fingerprint density at radius 1 is 0.947 bits per heavy atom. The predicted molar refractivity (Wildman–Crippen MR) is 77.2 cm³/mol. The van der Waals surface area contributed by atoms with Gasteiger partial charge in [-0.2, -0.15) is 0 Å². The molecule has 0 bridgehead atoms. The summed E-state index contributed by atoms with van der Waals surface area (Å²) in [6.45, 7) is 7.69. The van der Waals surface area contributed by atoms with Gasteiger partial charge < -0.3 is 20.0 Å². The minimum Gasteiger partial charge on any atom is -0.396 e. The monoisotopic (exact) mass is 270 g/mol. The van der Waals surface area contributed by atoms with Crippen LogP contribution in [0.5, 0.6) is 0 Å². The van der Waals surface area contributed by atoms with E-state index >= 15 is 0 Å². The summed E-state index contributed by atoms with van der Waals surface area (Å²) in [5.41, 5.74) is -0.349. The second-order valence-electron chi connectivity index (χ2n) is 6.73. The molecule has 0 radical (unpaired) electrons. The Hall–Kier alpha value is -0.160. The van der Waals surface area contributed by atoms with Crippen molar-refractivity contribution in [2.75, 3.05) is 45.9 Å². The van der Waals surface area contributed by atoms with E-state index in [1.165, 1.54) is 45.2 Å². The van der Waals surface area contributed by atoms with E-state index in [1.807, 2.05) is 6.92 Å². The number of aliphatic hydroxyl groups excluding tert-OH is 2. The summed E-state index contributed by atoms with van der Waals surface area (Å²) in [5, 5.41) is 18.8. The predicted octanol–water partition coefficient (Wildman–Crippen LogP) is 0.928. The highest BCUT2D eigenvalue weighted by molar-refractivity contribution is 4.84. The lowest BCUT2D eigenvalue weighted by molar-refractivity contribution is 0.0165. The van der Waals surface area contributed by atoms with Crippen molar-refractivity contribution in [2.45, 2.75) is 45.1 Å². The Morgan fingerprint density at radius 2 is 1.53 bits per heavy atom. The van der Waals surface area contributed by atoms with Gasteiger partial charge in [-0.1, -0.05) is 13.3 Å². The summed E-state index contributed by atoms with van der Waals surface area (Å²) in [5.74, 6) is 0. The standard InChI is InChI=1S/C15H30N2O2/c1-15(12-18,13-19)11-16-9-5-14(6-10-16)17-7-3-2-4-8-17/h14,18-19H,2-13H2,1H3. The van der Waals surface area contributed by atoms with E-state index in [-0.39, 0.29) is 18.6 Å². The molecule has 2 aliphatic heterocycles. The highest BCUT2D eigenvalue weighted by Gasteiger charge is 2.30. The lowest BCUT2D eigenvalue weighted by Gasteiger charge is -2.42. The molecule has 0 aliphatic carbocycles. The number of likely N-dealkylation sites (tertiary alicyclic amines) is 2. The third kappa shape index (κ3) is 4.15. The van der Waals surface area contributed by atoms with Crippen molar-refractivity contribution in [3.05, 3.63) is 0 Å². The number of nitrogens with zero attached hydrogens (tertiary/aromatic N) is 2. The third-order valence-electron chi connectivity index (χ3n) is 4.83. The summed E-state index contributed by atoms with van der Waals surface area (Å²) in [7, 11) is 0. The molecule has 112 valence electrons. The van der Waals surface area contributed by atoms with Gasteiger partial charge in [0.15, 0.2) is 0 Å². The van der Waals surface area contributed by atoms with Crippen LogP contribution in [0.4, 0.5) is 0 Å². The van der Waals surface area contributed by atoms with Crippen molar-refractivity contribution >= 4 is 0 Å². The minimum absolute atomic E-state index is 0.0650. The number of aliphatic hydroxyl groups is 2. The SMILES string of the molecule is CC(CO)(CO)CN1CCC(N2CCCCC2)CC1. The van der Waals surface area contributed by atoms with Crippen molar-refractivity contribution in [1.29, 1.82) is 0 Å². The van der Waals surface area contributed by atoms with Gasteiger partial charge in [-0.15, -0.1) is 0 Å². The van der Waals surface area contributed by atoms with Crippen LogP contribution in [0, 0.1) is 5.41 Å². The Kier molecular flexibility index (Phi) is 5.63. The highest BCUT2D eigenvalue weighted by Crippen LogP contribution is 2.23. The lowest BCUT2D eigenvalue weighted by Crippen LogP contribution is -2.49. The van der Waals surface area contributed by atoms with Crippen molar-refractivity contribution in [3.63, 3.8) is 0 Å². The second-order valence-corrected chi connectivity index (χ2v) is 6.73. The average Bonchev–Trinajstić information content (AvgIpc) is 2.49. The largest absolute Gasteiger partial charge is 0.396 e. The van der Waals surface area contributed by atoms with Gasteiger partial charge >= 0.3 is 0 Å². The zero-order chi connectivity index (χ0) is 13.7. The first-order chi connectivity index (χ1) is 9.17. The third-order valence-corrected chi connectivity index (χ3v) is 4.83. The summed E-state index contributed by atoms with van der Waals surface area (Å²) < 4.78 is 0. The molecule has 0 amide bonds. The normalized spacial score (nSPS) is 24.8. The van der Waals surface area contributed by atoms with Crippen LogP contribution in [0.15, 0.2) is 0 Å². The van der Waals surface area contributed by atoms with Crippen LogP contribution in [-0.4, -0.2) is 72.0 Å². The molecule has 0 aromatic rings. The Morgan fingerprint density at radius 3 is 2.05 bits per heavy atom. The van der Waals surface area contributed by atoms with Gasteiger partial charge in [0.1, 0.15) is 0 Å². The first-order valence-corrected chi connectivity index (χ1v) is 7.85. The van der Waals surface area contributed by atoms with Crippen molar-refractivity contribution in [3.8, 4) is 0 Å². The molecule has 2 fully saturated rings. The Balaban J connectivity index is 1.75. The first-order valence-electron chi connectivity index (χ1n) is 7.85. The zero-order valence-electron chi connectivity index (χ0n) is 12.4. The molecule has 0 unspecified atom stereocenters. The fourth-order valence-corrected chi connectivity index (χ4v) is 3.42. The van der Waals surface area contributed by atoms with E-state index in [1.54, 1.807) is 0 Å². The van der Waals surface area contributed by atoms with E-state index < -0.39 is 0 Å². The summed E-state index contributed by atoms with van der Waals surface area (Å²) in [6.07, 6.45) is 6.63. The molecule has 2 aliphatic rings. The van der Waals surface area contributed by atoms with Crippen LogP contribution in [0.25, 0.3) is 0 Å². The summed E-state index contributed by atoms with van der Waals surface area (Å²) in [6, 6.07) is 0.769. The average molecular weight is 270 g/mol. The molecule has 19 heavy (non-hydrogen) atoms. The molecule has 0 aromatic heterocycles. The molecule has 0 spiro atoms. The molecule has 2 heterocycles. The van der Waals surface area contributed by atoms with Crippen LogP contribution in [0.3, 0.4) is 0 Å².